The Morgan fingerprint density at radius 1 is 0.972 bits per heavy atom. The molecule has 3 N–H and O–H groups in total. The first-order chi connectivity index (χ1) is 17.4. The van der Waals surface area contributed by atoms with Crippen molar-refractivity contribution in [3.63, 3.8) is 0 Å². The second-order valence-corrected chi connectivity index (χ2v) is 8.56. The lowest BCUT2D eigenvalue weighted by atomic mass is 10.1. The summed E-state index contributed by atoms with van der Waals surface area (Å²) in [7, 11) is 0. The van der Waals surface area contributed by atoms with Gasteiger partial charge in [0.15, 0.2) is 11.8 Å². The van der Waals surface area contributed by atoms with Gasteiger partial charge < -0.3 is 24.8 Å². The fourth-order valence-corrected chi connectivity index (χ4v) is 4.25. The fourth-order valence-electron chi connectivity index (χ4n) is 4.25. The molecule has 3 aromatic rings. The van der Waals surface area contributed by atoms with Gasteiger partial charge in [0.05, 0.1) is 19.1 Å². The van der Waals surface area contributed by atoms with E-state index in [1.165, 1.54) is 30.4 Å². The molecule has 2 heterocycles. The van der Waals surface area contributed by atoms with Crippen LogP contribution in [0.5, 0.6) is 0 Å². The third-order valence-corrected chi connectivity index (χ3v) is 5.90. The molecule has 1 aliphatic carbocycles. The van der Waals surface area contributed by atoms with Gasteiger partial charge in [0, 0.05) is 24.3 Å². The maximum absolute atomic E-state index is 13.5. The number of hydrogen-bond acceptors (Lipinski definition) is 6. The van der Waals surface area contributed by atoms with Crippen LogP contribution in [0.2, 0.25) is 0 Å². The lowest BCUT2D eigenvalue weighted by Gasteiger charge is -2.31. The van der Waals surface area contributed by atoms with Crippen molar-refractivity contribution in [2.75, 3.05) is 16.8 Å². The van der Waals surface area contributed by atoms with Gasteiger partial charge in [-0.1, -0.05) is 12.8 Å². The number of amides is 4. The predicted molar refractivity (Wildman–Crippen MR) is 131 cm³/mol. The molecule has 188 valence electrons. The van der Waals surface area contributed by atoms with E-state index in [1.54, 1.807) is 42.5 Å². The zero-order valence-corrected chi connectivity index (χ0v) is 19.9. The summed E-state index contributed by atoms with van der Waals surface area (Å²) in [4.78, 5) is 52.2. The molecular formula is C26H28N4O6. The number of nitrogens with one attached hydrogen (secondary N) is 3. The molecule has 4 amide bonds. The van der Waals surface area contributed by atoms with Crippen LogP contribution in [0.4, 0.5) is 11.4 Å². The van der Waals surface area contributed by atoms with Gasteiger partial charge in [-0.25, -0.2) is 0 Å². The minimum Gasteiger partial charge on any atom is -0.467 e. The first-order valence-electron chi connectivity index (χ1n) is 11.8. The molecule has 0 aliphatic heterocycles. The van der Waals surface area contributed by atoms with Gasteiger partial charge in [-0.15, -0.1) is 0 Å². The highest BCUT2D eigenvalue weighted by Crippen LogP contribution is 2.30. The van der Waals surface area contributed by atoms with Crippen LogP contribution >= 0.6 is 0 Å². The molecule has 0 radical (unpaired) electrons. The highest BCUT2D eigenvalue weighted by molar-refractivity contribution is 6.04. The minimum atomic E-state index is -1.11. The largest absolute Gasteiger partial charge is 0.467 e. The van der Waals surface area contributed by atoms with Crippen LogP contribution in [0, 0.1) is 0 Å². The Kier molecular flexibility index (Phi) is 7.84. The van der Waals surface area contributed by atoms with Crippen molar-refractivity contribution < 1.29 is 28.0 Å². The number of carbonyl (C=O) groups excluding carboxylic acids is 4. The third kappa shape index (κ3) is 6.01. The van der Waals surface area contributed by atoms with Gasteiger partial charge in [0.1, 0.15) is 5.76 Å². The summed E-state index contributed by atoms with van der Waals surface area (Å²) in [6.45, 7) is 1.01. The number of rotatable bonds is 9. The molecule has 1 saturated carbocycles. The molecule has 1 aromatic carbocycles. The summed E-state index contributed by atoms with van der Waals surface area (Å²) in [5, 5.41) is 8.26. The number of hydrogen-bond donors (Lipinski definition) is 3. The average molecular weight is 493 g/mol. The first kappa shape index (κ1) is 24.8. The molecular weight excluding hydrogens is 464 g/mol. The Labute approximate surface area is 208 Å². The van der Waals surface area contributed by atoms with E-state index in [4.69, 9.17) is 8.83 Å². The number of anilines is 2. The third-order valence-electron chi connectivity index (χ3n) is 5.90. The molecule has 0 spiro atoms. The zero-order valence-electron chi connectivity index (χ0n) is 19.9. The Morgan fingerprint density at radius 2 is 1.67 bits per heavy atom. The highest BCUT2D eigenvalue weighted by atomic mass is 16.3. The van der Waals surface area contributed by atoms with Crippen LogP contribution in [0.1, 0.15) is 55.0 Å². The van der Waals surface area contributed by atoms with Gasteiger partial charge in [0.25, 0.3) is 11.8 Å². The van der Waals surface area contributed by atoms with Crippen molar-refractivity contribution in [2.24, 2.45) is 0 Å². The second kappa shape index (κ2) is 11.4. The van der Waals surface area contributed by atoms with E-state index in [0.717, 1.165) is 25.7 Å². The van der Waals surface area contributed by atoms with Gasteiger partial charge in [0.2, 0.25) is 11.8 Å². The van der Waals surface area contributed by atoms with Crippen LogP contribution in [0.25, 0.3) is 0 Å². The number of benzene rings is 1. The van der Waals surface area contributed by atoms with Crippen LogP contribution in [0.3, 0.4) is 0 Å². The molecule has 0 bridgehead atoms. The first-order valence-corrected chi connectivity index (χ1v) is 11.8. The molecule has 10 heteroatoms. The van der Waals surface area contributed by atoms with Crippen molar-refractivity contribution in [1.29, 1.82) is 0 Å². The molecule has 1 fully saturated rings. The normalized spacial score (nSPS) is 14.1. The van der Waals surface area contributed by atoms with E-state index in [1.807, 2.05) is 0 Å². The van der Waals surface area contributed by atoms with E-state index >= 15 is 0 Å². The Balaban J connectivity index is 1.64. The molecule has 1 atom stereocenters. The molecule has 1 aliphatic rings. The summed E-state index contributed by atoms with van der Waals surface area (Å²) in [5.74, 6) is -1.36. The van der Waals surface area contributed by atoms with E-state index in [-0.39, 0.29) is 35.9 Å². The number of furan rings is 2. The van der Waals surface area contributed by atoms with Crippen LogP contribution in [0.15, 0.2) is 69.9 Å². The fraction of sp³-hybridized carbons (Fsp3) is 0.308. The van der Waals surface area contributed by atoms with Crippen molar-refractivity contribution in [2.45, 2.75) is 44.7 Å². The molecule has 0 saturated heterocycles. The summed E-state index contributed by atoms with van der Waals surface area (Å²) >= 11 is 0. The van der Waals surface area contributed by atoms with Crippen molar-refractivity contribution in [3.05, 3.63) is 72.6 Å². The lowest BCUT2D eigenvalue weighted by molar-refractivity contribution is -0.127. The van der Waals surface area contributed by atoms with Gasteiger partial charge in [-0.2, -0.15) is 0 Å². The van der Waals surface area contributed by atoms with Crippen molar-refractivity contribution in [1.82, 2.24) is 10.6 Å². The molecule has 10 nitrogen and oxygen atoms in total. The molecule has 4 rings (SSSR count). The Hall–Kier alpha value is -4.34. The Bertz CT molecular complexity index is 1180. The van der Waals surface area contributed by atoms with Gasteiger partial charge in [-0.05, 0) is 61.4 Å². The van der Waals surface area contributed by atoms with Crippen molar-refractivity contribution >= 4 is 35.0 Å². The van der Waals surface area contributed by atoms with E-state index in [2.05, 4.69) is 16.0 Å². The van der Waals surface area contributed by atoms with Crippen LogP contribution in [-0.4, -0.2) is 36.2 Å². The summed E-state index contributed by atoms with van der Waals surface area (Å²) in [6, 6.07) is 11.7. The maximum atomic E-state index is 13.5. The SMILES string of the molecule is CC(=O)Nc1ccc(N(C(=O)CNC(=O)c2ccco2)[C@@H](C(=O)NC2CCCC2)c2ccco2)cc1. The smallest absolute Gasteiger partial charge is 0.287 e. The van der Waals surface area contributed by atoms with Crippen LogP contribution in [-0.2, 0) is 14.4 Å². The molecule has 2 aromatic heterocycles. The monoisotopic (exact) mass is 492 g/mol. The maximum Gasteiger partial charge on any atom is 0.287 e. The highest BCUT2D eigenvalue weighted by Gasteiger charge is 2.36. The van der Waals surface area contributed by atoms with Crippen molar-refractivity contribution in [3.8, 4) is 0 Å². The summed E-state index contributed by atoms with van der Waals surface area (Å²) < 4.78 is 10.7. The predicted octanol–water partition coefficient (Wildman–Crippen LogP) is 3.39. The lowest BCUT2D eigenvalue weighted by Crippen LogP contribution is -2.49. The molecule has 0 unspecified atom stereocenters. The van der Waals surface area contributed by atoms with E-state index in [0.29, 0.717) is 11.4 Å². The summed E-state index contributed by atoms with van der Waals surface area (Å²) in [5.41, 5.74) is 0.930. The van der Waals surface area contributed by atoms with Crippen LogP contribution < -0.4 is 20.9 Å². The molecule has 36 heavy (non-hydrogen) atoms. The second-order valence-electron chi connectivity index (χ2n) is 8.56. The number of nitrogens with zero attached hydrogens (tertiary/aromatic N) is 1. The summed E-state index contributed by atoms with van der Waals surface area (Å²) in [6.07, 6.45) is 6.60. The van der Waals surface area contributed by atoms with E-state index in [9.17, 15) is 19.2 Å². The number of carbonyl (C=O) groups is 4. The quantitative estimate of drug-likeness (QED) is 0.419. The zero-order chi connectivity index (χ0) is 25.5. The standard InChI is InChI=1S/C26H28N4O6/c1-17(31)28-19-10-12-20(13-11-19)30(23(32)16-27-25(33)22-9-5-15-36-22)24(21-8-4-14-35-21)26(34)29-18-6-2-3-7-18/h4-5,8-15,18,24H,2-3,6-7,16H2,1H3,(H,27,33)(H,28,31)(H,29,34)/t24-/m1/s1. The topological polar surface area (TPSA) is 134 Å². The average Bonchev–Trinajstić information content (AvgIpc) is 3.65. The van der Waals surface area contributed by atoms with E-state index < -0.39 is 17.9 Å². The van der Waals surface area contributed by atoms with Gasteiger partial charge in [-0.3, -0.25) is 24.1 Å². The minimum absolute atomic E-state index is 0.0210. The van der Waals surface area contributed by atoms with Gasteiger partial charge >= 0.3 is 0 Å². The Morgan fingerprint density at radius 3 is 2.28 bits per heavy atom.